The molecule has 2 aromatic rings. The van der Waals surface area contributed by atoms with Gasteiger partial charge in [0.25, 0.3) is 0 Å². The van der Waals surface area contributed by atoms with Gasteiger partial charge in [-0.05, 0) is 69.5 Å². The highest BCUT2D eigenvalue weighted by Gasteiger charge is 2.17. The Hall–Kier alpha value is -2.42. The number of carbonyl (C=O) groups is 2. The first-order chi connectivity index (χ1) is 10.7. The number of rotatable bonds is 3. The fraction of sp³-hybridized carbons (Fsp3) is 0.300. The second kappa shape index (κ2) is 6.37. The molecule has 2 rings (SSSR count). The molecular formula is C20H22O3. The number of aryl methyl sites for hydroxylation is 1. The van der Waals surface area contributed by atoms with Crippen molar-refractivity contribution in [1.82, 2.24) is 0 Å². The topological polar surface area (TPSA) is 43.4 Å². The molecule has 0 radical (unpaired) electrons. The van der Waals surface area contributed by atoms with Gasteiger partial charge in [-0.2, -0.15) is 0 Å². The van der Waals surface area contributed by atoms with Gasteiger partial charge in [-0.1, -0.05) is 24.3 Å². The van der Waals surface area contributed by atoms with Gasteiger partial charge in [0.15, 0.2) is 5.78 Å². The van der Waals surface area contributed by atoms with Gasteiger partial charge in [0, 0.05) is 5.56 Å². The van der Waals surface area contributed by atoms with Crippen LogP contribution in [0.2, 0.25) is 0 Å². The molecule has 3 heteroatoms. The molecule has 0 bridgehead atoms. The van der Waals surface area contributed by atoms with Gasteiger partial charge in [0.05, 0.1) is 5.56 Å². The van der Waals surface area contributed by atoms with Crippen molar-refractivity contribution in [2.24, 2.45) is 0 Å². The van der Waals surface area contributed by atoms with Crippen LogP contribution in [0.3, 0.4) is 0 Å². The molecule has 0 aliphatic rings. The summed E-state index contributed by atoms with van der Waals surface area (Å²) in [4.78, 5) is 23.6. The number of carbonyl (C=O) groups excluding carboxylic acids is 2. The molecule has 0 heterocycles. The largest absolute Gasteiger partial charge is 0.456 e. The highest BCUT2D eigenvalue weighted by Crippen LogP contribution is 2.25. The SMILES string of the molecule is CC(=O)c1ccc(C)c(-c2ccc(C(=O)OC(C)(C)C)cc2)c1. The number of esters is 1. The Morgan fingerprint density at radius 2 is 1.48 bits per heavy atom. The molecular weight excluding hydrogens is 288 g/mol. The van der Waals surface area contributed by atoms with E-state index in [1.54, 1.807) is 19.1 Å². The average molecular weight is 310 g/mol. The average Bonchev–Trinajstić information content (AvgIpc) is 2.46. The van der Waals surface area contributed by atoms with Crippen molar-refractivity contribution in [2.45, 2.75) is 40.2 Å². The predicted octanol–water partition coefficient (Wildman–Crippen LogP) is 4.82. The molecule has 0 aliphatic heterocycles. The molecule has 0 unspecified atom stereocenters. The molecule has 0 aromatic heterocycles. The molecule has 2 aromatic carbocycles. The van der Waals surface area contributed by atoms with Crippen LogP contribution in [-0.4, -0.2) is 17.4 Å². The molecule has 3 nitrogen and oxygen atoms in total. The Morgan fingerprint density at radius 1 is 0.913 bits per heavy atom. The van der Waals surface area contributed by atoms with Gasteiger partial charge in [-0.25, -0.2) is 4.79 Å². The molecule has 120 valence electrons. The highest BCUT2D eigenvalue weighted by atomic mass is 16.6. The predicted molar refractivity (Wildman–Crippen MR) is 91.8 cm³/mol. The third-order valence-electron chi connectivity index (χ3n) is 3.47. The van der Waals surface area contributed by atoms with E-state index in [-0.39, 0.29) is 11.8 Å². The molecule has 0 saturated heterocycles. The molecule has 0 fully saturated rings. The normalized spacial score (nSPS) is 11.2. The number of hydrogen-bond acceptors (Lipinski definition) is 3. The minimum Gasteiger partial charge on any atom is -0.456 e. The van der Waals surface area contributed by atoms with Crippen LogP contribution in [0.15, 0.2) is 42.5 Å². The second-order valence-electron chi connectivity index (χ2n) is 6.67. The maximum absolute atomic E-state index is 12.1. The van der Waals surface area contributed by atoms with Crippen molar-refractivity contribution < 1.29 is 14.3 Å². The van der Waals surface area contributed by atoms with E-state index in [1.807, 2.05) is 58.0 Å². The van der Waals surface area contributed by atoms with Crippen molar-refractivity contribution in [2.75, 3.05) is 0 Å². The van der Waals surface area contributed by atoms with E-state index in [0.29, 0.717) is 11.1 Å². The van der Waals surface area contributed by atoms with Gasteiger partial charge in [-0.3, -0.25) is 4.79 Å². The summed E-state index contributed by atoms with van der Waals surface area (Å²) in [5.74, 6) is -0.296. The van der Waals surface area contributed by atoms with Crippen LogP contribution in [0.25, 0.3) is 11.1 Å². The van der Waals surface area contributed by atoms with E-state index < -0.39 is 5.60 Å². The summed E-state index contributed by atoms with van der Waals surface area (Å²) in [5, 5.41) is 0. The molecule has 0 N–H and O–H groups in total. The van der Waals surface area contributed by atoms with Crippen LogP contribution in [0, 0.1) is 6.92 Å². The summed E-state index contributed by atoms with van der Waals surface area (Å²) in [5.41, 5.74) is 3.74. The van der Waals surface area contributed by atoms with Crippen molar-refractivity contribution in [3.8, 4) is 11.1 Å². The fourth-order valence-corrected chi connectivity index (χ4v) is 2.27. The Balaban J connectivity index is 2.31. The van der Waals surface area contributed by atoms with Crippen LogP contribution < -0.4 is 0 Å². The van der Waals surface area contributed by atoms with Crippen molar-refractivity contribution in [1.29, 1.82) is 0 Å². The lowest BCUT2D eigenvalue weighted by molar-refractivity contribution is 0.00695. The third kappa shape index (κ3) is 4.28. The minimum atomic E-state index is -0.512. The van der Waals surface area contributed by atoms with E-state index >= 15 is 0 Å². The lowest BCUT2D eigenvalue weighted by atomic mass is 9.96. The standard InChI is InChI=1S/C20H22O3/c1-13-6-7-17(14(2)21)12-18(13)15-8-10-16(11-9-15)19(22)23-20(3,4)5/h6-12H,1-5H3. The fourth-order valence-electron chi connectivity index (χ4n) is 2.27. The van der Waals surface area contributed by atoms with Gasteiger partial charge in [-0.15, -0.1) is 0 Å². The maximum atomic E-state index is 12.1. The van der Waals surface area contributed by atoms with E-state index in [1.165, 1.54) is 0 Å². The van der Waals surface area contributed by atoms with E-state index in [9.17, 15) is 9.59 Å². The molecule has 23 heavy (non-hydrogen) atoms. The Kier molecular flexibility index (Phi) is 4.69. The second-order valence-corrected chi connectivity index (χ2v) is 6.67. The van der Waals surface area contributed by atoms with Crippen LogP contribution >= 0.6 is 0 Å². The van der Waals surface area contributed by atoms with Gasteiger partial charge < -0.3 is 4.74 Å². The van der Waals surface area contributed by atoms with E-state index in [0.717, 1.165) is 16.7 Å². The monoisotopic (exact) mass is 310 g/mol. The van der Waals surface area contributed by atoms with Crippen LogP contribution in [0.1, 0.15) is 54.0 Å². The first-order valence-electron chi connectivity index (χ1n) is 7.63. The maximum Gasteiger partial charge on any atom is 0.338 e. The van der Waals surface area contributed by atoms with Crippen LogP contribution in [0.4, 0.5) is 0 Å². The molecule has 0 aliphatic carbocycles. The number of benzene rings is 2. The number of ether oxygens (including phenoxy) is 1. The lowest BCUT2D eigenvalue weighted by Crippen LogP contribution is -2.23. The van der Waals surface area contributed by atoms with Crippen molar-refractivity contribution >= 4 is 11.8 Å². The Labute approximate surface area is 137 Å². The highest BCUT2D eigenvalue weighted by molar-refractivity contribution is 5.96. The zero-order valence-electron chi connectivity index (χ0n) is 14.3. The smallest absolute Gasteiger partial charge is 0.338 e. The summed E-state index contributed by atoms with van der Waals surface area (Å²) in [6.07, 6.45) is 0. The van der Waals surface area contributed by atoms with Gasteiger partial charge in [0.2, 0.25) is 0 Å². The number of ketones is 1. The van der Waals surface area contributed by atoms with E-state index in [2.05, 4.69) is 0 Å². The molecule has 0 saturated carbocycles. The number of Topliss-reactive ketones (excluding diaryl/α,β-unsaturated/α-hetero) is 1. The Bertz CT molecular complexity index is 734. The summed E-state index contributed by atoms with van der Waals surface area (Å²) in [6.45, 7) is 9.09. The van der Waals surface area contributed by atoms with Gasteiger partial charge >= 0.3 is 5.97 Å². The lowest BCUT2D eigenvalue weighted by Gasteiger charge is -2.19. The first kappa shape index (κ1) is 16.9. The molecule has 0 spiro atoms. The van der Waals surface area contributed by atoms with E-state index in [4.69, 9.17) is 4.74 Å². The summed E-state index contributed by atoms with van der Waals surface area (Å²) < 4.78 is 5.36. The van der Waals surface area contributed by atoms with Crippen LogP contribution in [0.5, 0.6) is 0 Å². The zero-order chi connectivity index (χ0) is 17.2. The van der Waals surface area contributed by atoms with Gasteiger partial charge in [0.1, 0.15) is 5.60 Å². The third-order valence-corrected chi connectivity index (χ3v) is 3.47. The molecule has 0 atom stereocenters. The minimum absolute atomic E-state index is 0.0385. The summed E-state index contributed by atoms with van der Waals surface area (Å²) in [7, 11) is 0. The first-order valence-corrected chi connectivity index (χ1v) is 7.63. The van der Waals surface area contributed by atoms with Crippen LogP contribution in [-0.2, 0) is 4.74 Å². The summed E-state index contributed by atoms with van der Waals surface area (Å²) >= 11 is 0. The van der Waals surface area contributed by atoms with Crippen molar-refractivity contribution in [3.63, 3.8) is 0 Å². The quantitative estimate of drug-likeness (QED) is 0.603. The number of hydrogen-bond donors (Lipinski definition) is 0. The summed E-state index contributed by atoms with van der Waals surface area (Å²) in [6, 6.07) is 12.9. The molecule has 0 amide bonds. The Morgan fingerprint density at radius 3 is 2.00 bits per heavy atom. The van der Waals surface area contributed by atoms with Crippen molar-refractivity contribution in [3.05, 3.63) is 59.2 Å². The zero-order valence-corrected chi connectivity index (χ0v) is 14.3.